The first-order valence-electron chi connectivity index (χ1n) is 5.47. The Morgan fingerprint density at radius 1 is 0.895 bits per heavy atom. The molecular weight excluding hydrogens is 242 g/mol. The monoisotopic (exact) mass is 251 g/mol. The summed E-state index contributed by atoms with van der Waals surface area (Å²) in [6.45, 7) is 6.87. The third-order valence-electron chi connectivity index (χ3n) is 2.67. The summed E-state index contributed by atoms with van der Waals surface area (Å²) in [6.07, 6.45) is 0. The Hall–Kier alpha value is -2.93. The van der Waals surface area contributed by atoms with Crippen LogP contribution in [0.15, 0.2) is 48.5 Å². The maximum absolute atomic E-state index is 11.2. The van der Waals surface area contributed by atoms with Gasteiger partial charge >= 0.3 is 5.97 Å². The van der Waals surface area contributed by atoms with Gasteiger partial charge in [-0.05, 0) is 11.1 Å². The van der Waals surface area contributed by atoms with Gasteiger partial charge in [-0.2, -0.15) is 0 Å². The molecule has 2 aromatic carbocycles. The Bertz CT molecular complexity index is 664. The number of carbonyl (C=O) groups is 2. The molecule has 0 saturated carbocycles. The number of benzene rings is 2. The van der Waals surface area contributed by atoms with E-state index in [9.17, 15) is 9.59 Å². The van der Waals surface area contributed by atoms with Crippen LogP contribution in [-0.4, -0.2) is 16.9 Å². The number of carboxylic acids is 1. The Labute approximate surface area is 109 Å². The van der Waals surface area contributed by atoms with Gasteiger partial charge in [0.1, 0.15) is 0 Å². The number of carboxylic acid groups (broad SMARTS) is 1. The van der Waals surface area contributed by atoms with E-state index in [2.05, 4.69) is 4.85 Å². The van der Waals surface area contributed by atoms with Crippen molar-refractivity contribution in [2.45, 2.75) is 0 Å². The van der Waals surface area contributed by atoms with Crippen LogP contribution in [0.4, 0.5) is 5.69 Å². The van der Waals surface area contributed by atoms with Crippen LogP contribution in [0.5, 0.6) is 0 Å². The lowest BCUT2D eigenvalue weighted by atomic mass is 10.0. The summed E-state index contributed by atoms with van der Waals surface area (Å²) < 4.78 is 0. The second-order valence-electron chi connectivity index (χ2n) is 3.87. The molecule has 0 fully saturated rings. The molecule has 0 aliphatic heterocycles. The van der Waals surface area contributed by atoms with Crippen molar-refractivity contribution >= 4 is 17.4 Å². The standard InChI is InChI=1S/C15H9NO3/c1-16-13-8-6-11(7-9-13)10-2-4-12(5-3-10)14(17)15(18)19/h2-9H,(H,18,19). The van der Waals surface area contributed by atoms with Crippen LogP contribution in [0.25, 0.3) is 16.0 Å². The van der Waals surface area contributed by atoms with E-state index < -0.39 is 11.8 Å². The largest absolute Gasteiger partial charge is 0.475 e. The number of Topliss-reactive ketones (excluding diaryl/α,β-unsaturated/α-hetero) is 1. The SMILES string of the molecule is [C-]#[N+]c1ccc(-c2ccc(C(=O)C(=O)O)cc2)cc1. The molecule has 0 aliphatic carbocycles. The van der Waals surface area contributed by atoms with Crippen LogP contribution in [0, 0.1) is 6.57 Å². The van der Waals surface area contributed by atoms with Crippen molar-refractivity contribution < 1.29 is 14.7 Å². The Kier molecular flexibility index (Phi) is 3.39. The molecule has 92 valence electrons. The number of carbonyl (C=O) groups excluding carboxylic acids is 1. The van der Waals surface area contributed by atoms with E-state index in [0.717, 1.165) is 11.1 Å². The van der Waals surface area contributed by atoms with E-state index >= 15 is 0 Å². The molecule has 0 bridgehead atoms. The summed E-state index contributed by atoms with van der Waals surface area (Å²) in [5.74, 6) is -2.39. The first-order valence-corrected chi connectivity index (χ1v) is 5.47. The van der Waals surface area contributed by atoms with Gasteiger partial charge in [0.05, 0.1) is 6.57 Å². The number of nitrogens with zero attached hydrogens (tertiary/aromatic N) is 1. The minimum atomic E-state index is -1.46. The zero-order valence-electron chi connectivity index (χ0n) is 9.83. The molecule has 1 N–H and O–H groups in total. The molecule has 0 atom stereocenters. The average Bonchev–Trinajstić information content (AvgIpc) is 2.46. The van der Waals surface area contributed by atoms with Crippen molar-refractivity contribution in [3.05, 3.63) is 65.5 Å². The predicted molar refractivity (Wildman–Crippen MR) is 70.1 cm³/mol. The molecule has 0 unspecified atom stereocenters. The van der Waals surface area contributed by atoms with Crippen LogP contribution in [0.3, 0.4) is 0 Å². The zero-order chi connectivity index (χ0) is 13.8. The lowest BCUT2D eigenvalue weighted by Crippen LogP contribution is -2.12. The zero-order valence-corrected chi connectivity index (χ0v) is 9.83. The van der Waals surface area contributed by atoms with Gasteiger partial charge in [0.25, 0.3) is 5.78 Å². The van der Waals surface area contributed by atoms with E-state index in [-0.39, 0.29) is 5.56 Å². The summed E-state index contributed by atoms with van der Waals surface area (Å²) >= 11 is 0. The summed E-state index contributed by atoms with van der Waals surface area (Å²) in [5, 5.41) is 8.60. The number of aliphatic carboxylic acids is 1. The van der Waals surface area contributed by atoms with Crippen molar-refractivity contribution in [3.8, 4) is 11.1 Å². The molecule has 0 saturated heterocycles. The fraction of sp³-hybridized carbons (Fsp3) is 0. The molecule has 4 heteroatoms. The maximum atomic E-state index is 11.2. The van der Waals surface area contributed by atoms with Crippen molar-refractivity contribution in [2.75, 3.05) is 0 Å². The third-order valence-corrected chi connectivity index (χ3v) is 2.67. The molecule has 0 aliphatic rings. The van der Waals surface area contributed by atoms with Crippen molar-refractivity contribution in [3.63, 3.8) is 0 Å². The fourth-order valence-corrected chi connectivity index (χ4v) is 1.67. The van der Waals surface area contributed by atoms with E-state index in [1.165, 1.54) is 12.1 Å². The highest BCUT2D eigenvalue weighted by Crippen LogP contribution is 2.23. The first-order chi connectivity index (χ1) is 9.11. The molecule has 0 spiro atoms. The topological polar surface area (TPSA) is 58.7 Å². The molecule has 2 rings (SSSR count). The highest BCUT2D eigenvalue weighted by Gasteiger charge is 2.13. The maximum Gasteiger partial charge on any atom is 0.377 e. The number of ketones is 1. The second-order valence-corrected chi connectivity index (χ2v) is 3.87. The first kappa shape index (κ1) is 12.5. The summed E-state index contributed by atoms with van der Waals surface area (Å²) in [5.41, 5.74) is 2.47. The Morgan fingerprint density at radius 2 is 1.37 bits per heavy atom. The minimum Gasteiger partial charge on any atom is -0.475 e. The summed E-state index contributed by atoms with van der Waals surface area (Å²) in [4.78, 5) is 25.1. The van der Waals surface area contributed by atoms with Gasteiger partial charge in [0.15, 0.2) is 5.69 Å². The number of hydrogen-bond acceptors (Lipinski definition) is 2. The van der Waals surface area contributed by atoms with Crippen LogP contribution in [0.2, 0.25) is 0 Å². The van der Waals surface area contributed by atoms with Crippen molar-refractivity contribution in [1.82, 2.24) is 0 Å². The van der Waals surface area contributed by atoms with Gasteiger partial charge in [-0.15, -0.1) is 0 Å². The fourth-order valence-electron chi connectivity index (χ4n) is 1.67. The highest BCUT2D eigenvalue weighted by atomic mass is 16.4. The average molecular weight is 251 g/mol. The molecule has 0 aromatic heterocycles. The van der Waals surface area contributed by atoms with E-state index in [1.54, 1.807) is 36.4 Å². The smallest absolute Gasteiger partial charge is 0.377 e. The van der Waals surface area contributed by atoms with Crippen LogP contribution in [0.1, 0.15) is 10.4 Å². The second kappa shape index (κ2) is 5.15. The van der Waals surface area contributed by atoms with Gasteiger partial charge < -0.3 is 5.11 Å². The van der Waals surface area contributed by atoms with Gasteiger partial charge in [0, 0.05) is 5.56 Å². The third kappa shape index (κ3) is 2.67. The molecule has 4 nitrogen and oxygen atoms in total. The lowest BCUT2D eigenvalue weighted by Gasteiger charge is -2.03. The molecular formula is C15H9NO3. The quantitative estimate of drug-likeness (QED) is 0.517. The van der Waals surface area contributed by atoms with E-state index in [0.29, 0.717) is 5.69 Å². The highest BCUT2D eigenvalue weighted by molar-refractivity contribution is 6.39. The summed E-state index contributed by atoms with van der Waals surface area (Å²) in [7, 11) is 0. The van der Waals surface area contributed by atoms with E-state index in [4.69, 9.17) is 11.7 Å². The van der Waals surface area contributed by atoms with Crippen molar-refractivity contribution in [2.24, 2.45) is 0 Å². The number of rotatable bonds is 3. The minimum absolute atomic E-state index is 0.147. The molecule has 2 aromatic rings. The predicted octanol–water partition coefficient (Wildman–Crippen LogP) is 3.17. The van der Waals surface area contributed by atoms with Crippen LogP contribution < -0.4 is 0 Å². The van der Waals surface area contributed by atoms with Gasteiger partial charge in [-0.3, -0.25) is 4.79 Å². The van der Waals surface area contributed by atoms with Gasteiger partial charge in [-0.25, -0.2) is 9.64 Å². The Morgan fingerprint density at radius 3 is 1.79 bits per heavy atom. The normalized spacial score (nSPS) is 9.63. The van der Waals surface area contributed by atoms with Crippen LogP contribution >= 0.6 is 0 Å². The van der Waals surface area contributed by atoms with Gasteiger partial charge in [-0.1, -0.05) is 48.5 Å². The Balaban J connectivity index is 2.29. The lowest BCUT2D eigenvalue weighted by molar-refractivity contribution is -0.131. The molecule has 0 radical (unpaired) electrons. The molecule has 19 heavy (non-hydrogen) atoms. The van der Waals surface area contributed by atoms with E-state index in [1.807, 2.05) is 0 Å². The van der Waals surface area contributed by atoms with Crippen LogP contribution in [-0.2, 0) is 4.79 Å². The van der Waals surface area contributed by atoms with Crippen molar-refractivity contribution in [1.29, 1.82) is 0 Å². The summed E-state index contributed by atoms with van der Waals surface area (Å²) in [6, 6.07) is 13.4. The molecule has 0 amide bonds. The molecule has 0 heterocycles. The number of hydrogen-bond donors (Lipinski definition) is 1. The van der Waals surface area contributed by atoms with Gasteiger partial charge in [0.2, 0.25) is 0 Å².